The van der Waals surface area contributed by atoms with Crippen LogP contribution in [0.4, 0.5) is 0 Å². The van der Waals surface area contributed by atoms with Gasteiger partial charge >= 0.3 is 0 Å². The molecule has 1 N–H and O–H groups in total. The van der Waals surface area contributed by atoms with Crippen LogP contribution in [0.2, 0.25) is 0 Å². The zero-order chi connectivity index (χ0) is 11.7. The van der Waals surface area contributed by atoms with E-state index in [2.05, 4.69) is 35.9 Å². The molecule has 0 saturated heterocycles. The van der Waals surface area contributed by atoms with Gasteiger partial charge in [-0.2, -0.15) is 0 Å². The SMILES string of the molecule is COc1cc(C)c(C)cc1-c1cnc(C)[nH]1. The highest BCUT2D eigenvalue weighted by Gasteiger charge is 2.09. The molecular formula is C13H16N2O. The van der Waals surface area contributed by atoms with E-state index in [0.29, 0.717) is 0 Å². The molecule has 0 fully saturated rings. The van der Waals surface area contributed by atoms with Gasteiger partial charge in [0, 0.05) is 5.56 Å². The molecule has 0 amide bonds. The molecule has 84 valence electrons. The Morgan fingerprint density at radius 1 is 1.12 bits per heavy atom. The van der Waals surface area contributed by atoms with Gasteiger partial charge in [0.25, 0.3) is 0 Å². The van der Waals surface area contributed by atoms with E-state index >= 15 is 0 Å². The minimum Gasteiger partial charge on any atom is -0.496 e. The maximum atomic E-state index is 5.40. The lowest BCUT2D eigenvalue weighted by Gasteiger charge is -2.10. The molecule has 3 nitrogen and oxygen atoms in total. The Morgan fingerprint density at radius 3 is 2.38 bits per heavy atom. The topological polar surface area (TPSA) is 37.9 Å². The van der Waals surface area contributed by atoms with Gasteiger partial charge < -0.3 is 9.72 Å². The Morgan fingerprint density at radius 2 is 1.81 bits per heavy atom. The fraction of sp³-hybridized carbons (Fsp3) is 0.308. The first kappa shape index (κ1) is 10.7. The summed E-state index contributed by atoms with van der Waals surface area (Å²) < 4.78 is 5.40. The van der Waals surface area contributed by atoms with Crippen molar-refractivity contribution in [2.75, 3.05) is 7.11 Å². The fourth-order valence-corrected chi connectivity index (χ4v) is 1.73. The molecule has 2 rings (SSSR count). The van der Waals surface area contributed by atoms with E-state index < -0.39 is 0 Å². The number of H-pyrrole nitrogens is 1. The number of benzene rings is 1. The van der Waals surface area contributed by atoms with Crippen LogP contribution in [0.25, 0.3) is 11.3 Å². The summed E-state index contributed by atoms with van der Waals surface area (Å²) in [5.74, 6) is 1.79. The summed E-state index contributed by atoms with van der Waals surface area (Å²) in [4.78, 5) is 7.43. The monoisotopic (exact) mass is 216 g/mol. The van der Waals surface area contributed by atoms with Crippen molar-refractivity contribution >= 4 is 0 Å². The van der Waals surface area contributed by atoms with Crippen LogP contribution < -0.4 is 4.74 Å². The van der Waals surface area contributed by atoms with Gasteiger partial charge in [0.05, 0.1) is 19.0 Å². The highest BCUT2D eigenvalue weighted by Crippen LogP contribution is 2.31. The van der Waals surface area contributed by atoms with E-state index in [9.17, 15) is 0 Å². The van der Waals surface area contributed by atoms with Crippen LogP contribution in [0.15, 0.2) is 18.3 Å². The lowest BCUT2D eigenvalue weighted by molar-refractivity contribution is 0.416. The van der Waals surface area contributed by atoms with Crippen molar-refractivity contribution in [3.63, 3.8) is 0 Å². The summed E-state index contributed by atoms with van der Waals surface area (Å²) in [6, 6.07) is 4.18. The first-order valence-corrected chi connectivity index (χ1v) is 5.29. The molecule has 0 atom stereocenters. The minimum atomic E-state index is 0.881. The molecule has 0 radical (unpaired) electrons. The Balaban J connectivity index is 2.59. The van der Waals surface area contributed by atoms with Gasteiger partial charge in [0.2, 0.25) is 0 Å². The summed E-state index contributed by atoms with van der Waals surface area (Å²) in [5.41, 5.74) is 4.54. The molecule has 16 heavy (non-hydrogen) atoms. The zero-order valence-corrected chi connectivity index (χ0v) is 10.1. The number of hydrogen-bond donors (Lipinski definition) is 1. The van der Waals surface area contributed by atoms with Gasteiger partial charge in [-0.3, -0.25) is 0 Å². The number of nitrogens with one attached hydrogen (secondary N) is 1. The van der Waals surface area contributed by atoms with Crippen molar-refractivity contribution in [2.24, 2.45) is 0 Å². The fourth-order valence-electron chi connectivity index (χ4n) is 1.73. The van der Waals surface area contributed by atoms with Crippen LogP contribution in [0.3, 0.4) is 0 Å². The number of aromatic amines is 1. The van der Waals surface area contributed by atoms with E-state index in [1.54, 1.807) is 7.11 Å². The summed E-state index contributed by atoms with van der Waals surface area (Å²) in [7, 11) is 1.69. The van der Waals surface area contributed by atoms with Gasteiger partial charge in [0.1, 0.15) is 11.6 Å². The van der Waals surface area contributed by atoms with Gasteiger partial charge in [-0.25, -0.2) is 4.98 Å². The normalized spacial score (nSPS) is 10.5. The lowest BCUT2D eigenvalue weighted by Crippen LogP contribution is -1.91. The van der Waals surface area contributed by atoms with E-state index in [0.717, 1.165) is 22.8 Å². The Kier molecular flexibility index (Phi) is 2.69. The average molecular weight is 216 g/mol. The number of aryl methyl sites for hydroxylation is 3. The lowest BCUT2D eigenvalue weighted by atomic mass is 10.0. The van der Waals surface area contributed by atoms with Gasteiger partial charge in [0.15, 0.2) is 0 Å². The zero-order valence-electron chi connectivity index (χ0n) is 10.1. The number of rotatable bonds is 2. The third-order valence-corrected chi connectivity index (χ3v) is 2.81. The van der Waals surface area contributed by atoms with Gasteiger partial charge in [-0.15, -0.1) is 0 Å². The molecule has 1 aromatic carbocycles. The first-order valence-electron chi connectivity index (χ1n) is 5.29. The maximum absolute atomic E-state index is 5.40. The molecule has 0 saturated carbocycles. The standard InChI is InChI=1S/C13H16N2O/c1-8-5-11(12-7-14-10(3)15-12)13(16-4)6-9(8)2/h5-7H,1-4H3,(H,14,15). The number of hydrogen-bond acceptors (Lipinski definition) is 2. The van der Waals surface area contributed by atoms with Crippen LogP contribution in [0.5, 0.6) is 5.75 Å². The molecule has 3 heteroatoms. The number of aromatic nitrogens is 2. The number of imidazole rings is 1. The van der Waals surface area contributed by atoms with Gasteiger partial charge in [-0.05, 0) is 44.0 Å². The summed E-state index contributed by atoms with van der Waals surface area (Å²) >= 11 is 0. The molecule has 2 aromatic rings. The van der Waals surface area contributed by atoms with Crippen LogP contribution >= 0.6 is 0 Å². The molecular weight excluding hydrogens is 200 g/mol. The second-order valence-corrected chi connectivity index (χ2v) is 4.02. The summed E-state index contributed by atoms with van der Waals surface area (Å²) in [6.07, 6.45) is 1.84. The molecule has 0 aliphatic heterocycles. The van der Waals surface area contributed by atoms with Crippen molar-refractivity contribution < 1.29 is 4.74 Å². The largest absolute Gasteiger partial charge is 0.496 e. The average Bonchev–Trinajstić information content (AvgIpc) is 2.68. The molecule has 0 spiro atoms. The van der Waals surface area contributed by atoms with Crippen LogP contribution in [0, 0.1) is 20.8 Å². The Bertz CT molecular complexity index is 515. The molecule has 1 aromatic heterocycles. The van der Waals surface area contributed by atoms with E-state index in [4.69, 9.17) is 4.74 Å². The van der Waals surface area contributed by atoms with E-state index in [-0.39, 0.29) is 0 Å². The van der Waals surface area contributed by atoms with Crippen molar-refractivity contribution in [3.8, 4) is 17.0 Å². The molecule has 0 bridgehead atoms. The second-order valence-electron chi connectivity index (χ2n) is 4.02. The predicted molar refractivity (Wildman–Crippen MR) is 64.8 cm³/mol. The quantitative estimate of drug-likeness (QED) is 0.838. The van der Waals surface area contributed by atoms with Gasteiger partial charge in [-0.1, -0.05) is 0 Å². The molecule has 0 unspecified atom stereocenters. The van der Waals surface area contributed by atoms with Crippen LogP contribution in [-0.4, -0.2) is 17.1 Å². The highest BCUT2D eigenvalue weighted by atomic mass is 16.5. The third-order valence-electron chi connectivity index (χ3n) is 2.81. The van der Waals surface area contributed by atoms with Crippen LogP contribution in [0.1, 0.15) is 17.0 Å². The Hall–Kier alpha value is -1.77. The third kappa shape index (κ3) is 1.81. The molecule has 0 aliphatic rings. The van der Waals surface area contributed by atoms with Crippen LogP contribution in [-0.2, 0) is 0 Å². The smallest absolute Gasteiger partial charge is 0.128 e. The summed E-state index contributed by atoms with van der Waals surface area (Å²) in [6.45, 7) is 6.12. The van der Waals surface area contributed by atoms with Crippen molar-refractivity contribution in [1.29, 1.82) is 0 Å². The maximum Gasteiger partial charge on any atom is 0.128 e. The van der Waals surface area contributed by atoms with Crippen molar-refractivity contribution in [3.05, 3.63) is 35.3 Å². The molecule has 0 aliphatic carbocycles. The predicted octanol–water partition coefficient (Wildman–Crippen LogP) is 3.01. The van der Waals surface area contributed by atoms with Crippen molar-refractivity contribution in [1.82, 2.24) is 9.97 Å². The number of ether oxygens (including phenoxy) is 1. The number of methoxy groups -OCH3 is 1. The highest BCUT2D eigenvalue weighted by molar-refractivity contribution is 5.68. The summed E-state index contributed by atoms with van der Waals surface area (Å²) in [5, 5.41) is 0. The van der Waals surface area contributed by atoms with Crippen molar-refractivity contribution in [2.45, 2.75) is 20.8 Å². The first-order chi connectivity index (χ1) is 7.61. The minimum absolute atomic E-state index is 0.881. The Labute approximate surface area is 95.5 Å². The van der Waals surface area contributed by atoms with E-state index in [1.165, 1.54) is 11.1 Å². The molecule has 1 heterocycles. The van der Waals surface area contributed by atoms with E-state index in [1.807, 2.05) is 13.1 Å². The number of nitrogens with zero attached hydrogens (tertiary/aromatic N) is 1. The second kappa shape index (κ2) is 4.00.